The van der Waals surface area contributed by atoms with E-state index < -0.39 is 5.60 Å². The molecule has 0 spiro atoms. The van der Waals surface area contributed by atoms with Gasteiger partial charge in [0.2, 0.25) is 0 Å². The molecule has 7 nitrogen and oxygen atoms in total. The van der Waals surface area contributed by atoms with Gasteiger partial charge in [-0.3, -0.25) is 0 Å². The summed E-state index contributed by atoms with van der Waals surface area (Å²) in [5.74, 6) is 1.77. The average molecular weight is 377 g/mol. The van der Waals surface area contributed by atoms with Crippen LogP contribution < -0.4 is 10.6 Å². The van der Waals surface area contributed by atoms with Crippen molar-refractivity contribution in [2.24, 2.45) is 4.99 Å². The smallest absolute Gasteiger partial charge is 0.407 e. The molecule has 2 heterocycles. The topological polar surface area (TPSA) is 79.1 Å². The predicted molar refractivity (Wildman–Crippen MR) is 107 cm³/mol. The number of likely N-dealkylation sites (tertiary alicyclic amines) is 1. The molecule has 7 heteroatoms. The number of nitrogens with zero attached hydrogens (tertiary/aromatic N) is 2. The van der Waals surface area contributed by atoms with E-state index in [0.717, 1.165) is 43.2 Å². The average Bonchev–Trinajstić information content (AvgIpc) is 3.20. The summed E-state index contributed by atoms with van der Waals surface area (Å²) in [7, 11) is 0. The van der Waals surface area contributed by atoms with E-state index in [-0.39, 0.29) is 12.1 Å². The molecule has 2 rings (SSSR count). The van der Waals surface area contributed by atoms with E-state index in [1.165, 1.54) is 0 Å². The quantitative estimate of drug-likeness (QED) is 0.453. The number of hydrogen-bond acceptors (Lipinski definition) is 4. The van der Waals surface area contributed by atoms with Crippen LogP contribution in [0.2, 0.25) is 0 Å². The van der Waals surface area contributed by atoms with Gasteiger partial charge in [0.25, 0.3) is 0 Å². The molecule has 1 aliphatic heterocycles. The lowest BCUT2D eigenvalue weighted by atomic mass is 10.2. The van der Waals surface area contributed by atoms with Crippen molar-refractivity contribution in [2.45, 2.75) is 52.2 Å². The van der Waals surface area contributed by atoms with Crippen molar-refractivity contribution in [3.63, 3.8) is 0 Å². The fourth-order valence-corrected chi connectivity index (χ4v) is 2.77. The highest BCUT2D eigenvalue weighted by molar-refractivity contribution is 5.80. The van der Waals surface area contributed by atoms with Crippen molar-refractivity contribution in [1.29, 1.82) is 0 Å². The van der Waals surface area contributed by atoms with Crippen LogP contribution in [0.1, 0.15) is 39.9 Å². The number of alkyl carbamates (subject to hydrolysis) is 1. The van der Waals surface area contributed by atoms with Gasteiger partial charge in [-0.15, -0.1) is 0 Å². The molecule has 1 aromatic rings. The molecule has 1 fully saturated rings. The van der Waals surface area contributed by atoms with Crippen LogP contribution in [0, 0.1) is 0 Å². The zero-order valence-electron chi connectivity index (χ0n) is 16.9. The second kappa shape index (κ2) is 9.48. The van der Waals surface area contributed by atoms with E-state index >= 15 is 0 Å². The number of nitrogens with one attached hydrogen (secondary N) is 2. The lowest BCUT2D eigenvalue weighted by molar-refractivity contribution is 0.0507. The number of rotatable bonds is 6. The summed E-state index contributed by atoms with van der Waals surface area (Å²) in [5, 5.41) is 6.34. The lowest BCUT2D eigenvalue weighted by Gasteiger charge is -2.23. The Morgan fingerprint density at radius 1 is 1.48 bits per heavy atom. The molecule has 0 aliphatic carbocycles. The monoisotopic (exact) mass is 376 g/mol. The molecule has 1 unspecified atom stereocenters. The Hall–Kier alpha value is -2.44. The fourth-order valence-electron chi connectivity index (χ4n) is 2.77. The summed E-state index contributed by atoms with van der Waals surface area (Å²) in [6, 6.07) is 3.89. The van der Waals surface area contributed by atoms with Crippen LogP contribution in [0.25, 0.3) is 0 Å². The molecule has 1 aromatic heterocycles. The van der Waals surface area contributed by atoms with E-state index in [1.807, 2.05) is 39.8 Å². The molecule has 27 heavy (non-hydrogen) atoms. The van der Waals surface area contributed by atoms with Crippen LogP contribution in [0.3, 0.4) is 0 Å². The SMILES string of the molecule is C=C(C)CN=C(NCCc1ccco1)N1CCC(NC(=O)OC(C)(C)C)C1. The van der Waals surface area contributed by atoms with Crippen molar-refractivity contribution in [3.8, 4) is 0 Å². The Labute approximate surface area is 161 Å². The fraction of sp³-hybridized carbons (Fsp3) is 0.600. The molecule has 1 amide bonds. The van der Waals surface area contributed by atoms with E-state index in [2.05, 4.69) is 27.1 Å². The third-order valence-electron chi connectivity index (χ3n) is 3.94. The number of guanidine groups is 1. The lowest BCUT2D eigenvalue weighted by Crippen LogP contribution is -2.44. The minimum absolute atomic E-state index is 0.0433. The summed E-state index contributed by atoms with van der Waals surface area (Å²) in [4.78, 5) is 18.8. The van der Waals surface area contributed by atoms with Gasteiger partial charge in [-0.05, 0) is 46.2 Å². The largest absolute Gasteiger partial charge is 0.469 e. The first kappa shape index (κ1) is 20.9. The number of amides is 1. The Bertz CT molecular complexity index is 647. The molecule has 2 N–H and O–H groups in total. The van der Waals surface area contributed by atoms with Gasteiger partial charge in [-0.2, -0.15) is 0 Å². The predicted octanol–water partition coefficient (Wildman–Crippen LogP) is 2.94. The number of hydrogen-bond donors (Lipinski definition) is 2. The molecule has 0 aromatic carbocycles. The summed E-state index contributed by atoms with van der Waals surface area (Å²) < 4.78 is 10.7. The second-order valence-corrected chi connectivity index (χ2v) is 7.93. The second-order valence-electron chi connectivity index (χ2n) is 7.93. The molecule has 0 bridgehead atoms. The molecule has 1 saturated heterocycles. The molecule has 0 radical (unpaired) electrons. The zero-order valence-corrected chi connectivity index (χ0v) is 16.9. The summed E-state index contributed by atoms with van der Waals surface area (Å²) in [6.45, 7) is 14.3. The van der Waals surface area contributed by atoms with Gasteiger partial charge in [-0.1, -0.05) is 12.2 Å². The standard InChI is InChI=1S/C20H32N4O3/c1-15(2)13-22-18(21-10-8-17-7-6-12-26-17)24-11-9-16(14-24)23-19(25)27-20(3,4)5/h6-7,12,16H,1,8-11,13-14H2,2-5H3,(H,21,22)(H,23,25). The molecule has 1 atom stereocenters. The Kier molecular flexibility index (Phi) is 7.33. The zero-order chi connectivity index (χ0) is 19.9. The third-order valence-corrected chi connectivity index (χ3v) is 3.94. The van der Waals surface area contributed by atoms with E-state index in [4.69, 9.17) is 9.15 Å². The van der Waals surface area contributed by atoms with Gasteiger partial charge in [-0.25, -0.2) is 9.79 Å². The number of ether oxygens (including phenoxy) is 1. The minimum atomic E-state index is -0.496. The van der Waals surface area contributed by atoms with Crippen molar-refractivity contribution >= 4 is 12.1 Å². The first-order valence-corrected chi connectivity index (χ1v) is 9.42. The molecular formula is C20H32N4O3. The van der Waals surface area contributed by atoms with Gasteiger partial charge in [0.05, 0.1) is 18.8 Å². The van der Waals surface area contributed by atoms with Gasteiger partial charge in [0.15, 0.2) is 5.96 Å². The van der Waals surface area contributed by atoms with Gasteiger partial charge < -0.3 is 24.7 Å². The maximum absolute atomic E-state index is 12.0. The van der Waals surface area contributed by atoms with Crippen LogP contribution in [-0.2, 0) is 11.2 Å². The van der Waals surface area contributed by atoms with Crippen LogP contribution >= 0.6 is 0 Å². The summed E-state index contributed by atoms with van der Waals surface area (Å²) in [5.41, 5.74) is 0.507. The summed E-state index contributed by atoms with van der Waals surface area (Å²) >= 11 is 0. The minimum Gasteiger partial charge on any atom is -0.469 e. The number of furan rings is 1. The van der Waals surface area contributed by atoms with E-state index in [1.54, 1.807) is 6.26 Å². The van der Waals surface area contributed by atoms with Gasteiger partial charge in [0, 0.05) is 26.1 Å². The third kappa shape index (κ3) is 7.76. The Morgan fingerprint density at radius 2 is 2.26 bits per heavy atom. The van der Waals surface area contributed by atoms with E-state index in [9.17, 15) is 4.79 Å². The van der Waals surface area contributed by atoms with Crippen molar-refractivity contribution in [2.75, 3.05) is 26.2 Å². The molecule has 0 saturated carbocycles. The highest BCUT2D eigenvalue weighted by Gasteiger charge is 2.27. The maximum Gasteiger partial charge on any atom is 0.407 e. The maximum atomic E-state index is 12.0. The molecule has 1 aliphatic rings. The Balaban J connectivity index is 1.88. The van der Waals surface area contributed by atoms with Crippen molar-refractivity contribution < 1.29 is 13.9 Å². The highest BCUT2D eigenvalue weighted by Crippen LogP contribution is 2.12. The van der Waals surface area contributed by atoms with Crippen LogP contribution in [0.15, 0.2) is 40.0 Å². The first-order valence-electron chi connectivity index (χ1n) is 9.42. The van der Waals surface area contributed by atoms with Crippen LogP contribution in [-0.4, -0.2) is 54.8 Å². The normalized spacial score (nSPS) is 17.7. The molecular weight excluding hydrogens is 344 g/mol. The van der Waals surface area contributed by atoms with Crippen LogP contribution in [0.4, 0.5) is 4.79 Å². The van der Waals surface area contributed by atoms with Crippen molar-refractivity contribution in [1.82, 2.24) is 15.5 Å². The van der Waals surface area contributed by atoms with Crippen molar-refractivity contribution in [3.05, 3.63) is 36.3 Å². The van der Waals surface area contributed by atoms with Gasteiger partial charge in [0.1, 0.15) is 11.4 Å². The highest BCUT2D eigenvalue weighted by atomic mass is 16.6. The molecule has 150 valence electrons. The van der Waals surface area contributed by atoms with Crippen LogP contribution in [0.5, 0.6) is 0 Å². The van der Waals surface area contributed by atoms with Gasteiger partial charge >= 0.3 is 6.09 Å². The first-order chi connectivity index (χ1) is 12.7. The number of carbonyl (C=O) groups is 1. The number of aliphatic imine (C=N–C) groups is 1. The summed E-state index contributed by atoms with van der Waals surface area (Å²) in [6.07, 6.45) is 2.94. The number of carbonyl (C=O) groups excluding carboxylic acids is 1. The Morgan fingerprint density at radius 3 is 2.89 bits per heavy atom. The van der Waals surface area contributed by atoms with E-state index in [0.29, 0.717) is 13.1 Å².